The molecule has 1 N–H and O–H groups in total. The van der Waals surface area contributed by atoms with Gasteiger partial charge in [-0.25, -0.2) is 0 Å². The van der Waals surface area contributed by atoms with Crippen molar-refractivity contribution >= 4 is 0 Å². The van der Waals surface area contributed by atoms with Crippen molar-refractivity contribution in [2.45, 2.75) is 69.7 Å². The van der Waals surface area contributed by atoms with Gasteiger partial charge in [0.1, 0.15) is 0 Å². The molecular formula is C18H29N. The van der Waals surface area contributed by atoms with E-state index in [2.05, 4.69) is 49.6 Å². The minimum Gasteiger partial charge on any atom is -0.316 e. The minimum absolute atomic E-state index is 0.393. The van der Waals surface area contributed by atoms with Crippen molar-refractivity contribution < 1.29 is 0 Å². The van der Waals surface area contributed by atoms with Crippen LogP contribution in [0.3, 0.4) is 0 Å². The van der Waals surface area contributed by atoms with Crippen LogP contribution in [0, 0.1) is 0 Å². The maximum absolute atomic E-state index is 3.64. The molecular weight excluding hydrogens is 230 g/mol. The van der Waals surface area contributed by atoms with Crippen molar-refractivity contribution in [3.63, 3.8) is 0 Å². The SMILES string of the molecule is CCCCCC(NC)C1(c2ccccc2)CCCC1. The zero-order chi connectivity index (χ0) is 13.6. The number of hydrogen-bond acceptors (Lipinski definition) is 1. The molecule has 1 fully saturated rings. The Bertz CT molecular complexity index is 351. The Labute approximate surface area is 118 Å². The van der Waals surface area contributed by atoms with Gasteiger partial charge in [-0.1, -0.05) is 69.4 Å². The summed E-state index contributed by atoms with van der Waals surface area (Å²) >= 11 is 0. The Morgan fingerprint density at radius 1 is 1.11 bits per heavy atom. The molecule has 1 aliphatic rings. The molecule has 0 aromatic heterocycles. The first kappa shape index (κ1) is 14.6. The summed E-state index contributed by atoms with van der Waals surface area (Å²) in [6.07, 6.45) is 10.8. The normalized spacial score (nSPS) is 19.5. The van der Waals surface area contributed by atoms with Gasteiger partial charge in [0.15, 0.2) is 0 Å². The van der Waals surface area contributed by atoms with Gasteiger partial charge in [0.2, 0.25) is 0 Å². The lowest BCUT2D eigenvalue weighted by molar-refractivity contribution is 0.288. The predicted molar refractivity (Wildman–Crippen MR) is 83.6 cm³/mol. The molecule has 0 saturated heterocycles. The number of benzene rings is 1. The van der Waals surface area contributed by atoms with Crippen molar-refractivity contribution in [2.24, 2.45) is 0 Å². The van der Waals surface area contributed by atoms with E-state index in [0.717, 1.165) is 0 Å². The molecule has 0 aliphatic heterocycles. The van der Waals surface area contributed by atoms with Crippen molar-refractivity contribution in [3.05, 3.63) is 35.9 Å². The highest BCUT2D eigenvalue weighted by molar-refractivity contribution is 5.29. The van der Waals surface area contributed by atoms with E-state index < -0.39 is 0 Å². The van der Waals surface area contributed by atoms with Gasteiger partial charge in [0.05, 0.1) is 0 Å². The van der Waals surface area contributed by atoms with Gasteiger partial charge in [-0.05, 0) is 31.9 Å². The van der Waals surface area contributed by atoms with Crippen LogP contribution in [0.2, 0.25) is 0 Å². The highest BCUT2D eigenvalue weighted by atomic mass is 14.9. The molecule has 0 bridgehead atoms. The van der Waals surface area contributed by atoms with Crippen LogP contribution in [-0.2, 0) is 5.41 Å². The van der Waals surface area contributed by atoms with Gasteiger partial charge in [-0.3, -0.25) is 0 Å². The van der Waals surface area contributed by atoms with Crippen molar-refractivity contribution in [2.75, 3.05) is 7.05 Å². The third kappa shape index (κ3) is 3.20. The number of unbranched alkanes of at least 4 members (excludes halogenated alkanes) is 2. The molecule has 0 amide bonds. The zero-order valence-corrected chi connectivity index (χ0v) is 12.6. The minimum atomic E-state index is 0.393. The second kappa shape index (κ2) is 7.09. The topological polar surface area (TPSA) is 12.0 Å². The molecule has 2 rings (SSSR count). The summed E-state index contributed by atoms with van der Waals surface area (Å²) < 4.78 is 0. The van der Waals surface area contributed by atoms with Crippen molar-refractivity contribution in [1.82, 2.24) is 5.32 Å². The second-order valence-electron chi connectivity index (χ2n) is 6.07. The predicted octanol–water partition coefficient (Wildman–Crippen LogP) is 4.67. The average molecular weight is 259 g/mol. The van der Waals surface area contributed by atoms with Crippen LogP contribution >= 0.6 is 0 Å². The summed E-state index contributed by atoms with van der Waals surface area (Å²) in [7, 11) is 2.15. The fraction of sp³-hybridized carbons (Fsp3) is 0.667. The Hall–Kier alpha value is -0.820. The van der Waals surface area contributed by atoms with Crippen LogP contribution in [0.15, 0.2) is 30.3 Å². The molecule has 106 valence electrons. The summed E-state index contributed by atoms with van der Waals surface area (Å²) in [5.74, 6) is 0. The lowest BCUT2D eigenvalue weighted by Crippen LogP contribution is -2.45. The summed E-state index contributed by atoms with van der Waals surface area (Å²) in [4.78, 5) is 0. The summed E-state index contributed by atoms with van der Waals surface area (Å²) in [6.45, 7) is 2.29. The van der Waals surface area contributed by atoms with E-state index in [0.29, 0.717) is 11.5 Å². The molecule has 1 atom stereocenters. The summed E-state index contributed by atoms with van der Waals surface area (Å²) in [5, 5.41) is 3.64. The van der Waals surface area contributed by atoms with E-state index in [9.17, 15) is 0 Å². The van der Waals surface area contributed by atoms with E-state index in [1.807, 2.05) is 0 Å². The molecule has 1 aromatic rings. The summed E-state index contributed by atoms with van der Waals surface area (Å²) in [5.41, 5.74) is 1.95. The smallest absolute Gasteiger partial charge is 0.0161 e. The largest absolute Gasteiger partial charge is 0.316 e. The third-order valence-electron chi connectivity index (χ3n) is 4.96. The number of likely N-dealkylation sites (N-methyl/N-ethyl adjacent to an activating group) is 1. The number of rotatable bonds is 7. The average Bonchev–Trinajstić information content (AvgIpc) is 2.95. The van der Waals surface area contributed by atoms with E-state index >= 15 is 0 Å². The molecule has 0 radical (unpaired) electrons. The van der Waals surface area contributed by atoms with Gasteiger partial charge < -0.3 is 5.32 Å². The zero-order valence-electron chi connectivity index (χ0n) is 12.6. The monoisotopic (exact) mass is 259 g/mol. The van der Waals surface area contributed by atoms with E-state index in [-0.39, 0.29) is 0 Å². The number of nitrogens with one attached hydrogen (secondary N) is 1. The Morgan fingerprint density at radius 2 is 1.79 bits per heavy atom. The highest BCUT2D eigenvalue weighted by Crippen LogP contribution is 2.45. The quantitative estimate of drug-likeness (QED) is 0.702. The van der Waals surface area contributed by atoms with Gasteiger partial charge in [-0.15, -0.1) is 0 Å². The van der Waals surface area contributed by atoms with Crippen LogP contribution < -0.4 is 5.32 Å². The first-order valence-corrected chi connectivity index (χ1v) is 8.06. The molecule has 1 aromatic carbocycles. The van der Waals surface area contributed by atoms with Crippen LogP contribution in [0.5, 0.6) is 0 Å². The fourth-order valence-electron chi connectivity index (χ4n) is 3.91. The van der Waals surface area contributed by atoms with E-state index in [1.165, 1.54) is 51.4 Å². The number of hydrogen-bond donors (Lipinski definition) is 1. The molecule has 1 saturated carbocycles. The maximum Gasteiger partial charge on any atom is 0.0161 e. The van der Waals surface area contributed by atoms with Crippen molar-refractivity contribution in [1.29, 1.82) is 0 Å². The van der Waals surface area contributed by atoms with Crippen LogP contribution in [0.4, 0.5) is 0 Å². The molecule has 1 unspecified atom stereocenters. The Kier molecular flexibility index (Phi) is 5.45. The molecule has 1 heteroatoms. The van der Waals surface area contributed by atoms with Crippen LogP contribution in [0.25, 0.3) is 0 Å². The first-order valence-electron chi connectivity index (χ1n) is 8.06. The lowest BCUT2D eigenvalue weighted by atomic mass is 9.71. The Morgan fingerprint density at radius 3 is 2.37 bits per heavy atom. The molecule has 0 spiro atoms. The molecule has 1 nitrogen and oxygen atoms in total. The summed E-state index contributed by atoms with van der Waals surface area (Å²) in [6, 6.07) is 11.9. The van der Waals surface area contributed by atoms with Gasteiger partial charge in [0.25, 0.3) is 0 Å². The van der Waals surface area contributed by atoms with E-state index in [1.54, 1.807) is 5.56 Å². The Balaban J connectivity index is 2.17. The highest BCUT2D eigenvalue weighted by Gasteiger charge is 2.41. The van der Waals surface area contributed by atoms with Crippen LogP contribution in [-0.4, -0.2) is 13.1 Å². The van der Waals surface area contributed by atoms with Crippen molar-refractivity contribution in [3.8, 4) is 0 Å². The second-order valence-corrected chi connectivity index (χ2v) is 6.07. The first-order chi connectivity index (χ1) is 9.33. The molecule has 1 aliphatic carbocycles. The standard InChI is InChI=1S/C18H29N/c1-3-4-6-13-17(19-2)18(14-9-10-15-18)16-11-7-5-8-12-16/h5,7-8,11-12,17,19H,3-4,6,9-10,13-15H2,1-2H3. The molecule has 0 heterocycles. The van der Waals surface area contributed by atoms with Gasteiger partial charge in [-0.2, -0.15) is 0 Å². The third-order valence-corrected chi connectivity index (χ3v) is 4.96. The molecule has 19 heavy (non-hydrogen) atoms. The van der Waals surface area contributed by atoms with Gasteiger partial charge in [0, 0.05) is 11.5 Å². The van der Waals surface area contributed by atoms with Crippen LogP contribution in [0.1, 0.15) is 63.9 Å². The van der Waals surface area contributed by atoms with E-state index in [4.69, 9.17) is 0 Å². The maximum atomic E-state index is 3.64. The lowest BCUT2D eigenvalue weighted by Gasteiger charge is -2.38. The van der Waals surface area contributed by atoms with Gasteiger partial charge >= 0.3 is 0 Å². The fourth-order valence-corrected chi connectivity index (χ4v) is 3.91.